The molecule has 0 unspecified atom stereocenters. The van der Waals surface area contributed by atoms with Crippen molar-refractivity contribution in [2.24, 2.45) is 5.10 Å². The van der Waals surface area contributed by atoms with Gasteiger partial charge in [-0.15, -0.1) is 0 Å². The summed E-state index contributed by atoms with van der Waals surface area (Å²) in [6, 6.07) is 3.08. The first-order valence-electron chi connectivity index (χ1n) is 5.43. The molecule has 0 heterocycles. The summed E-state index contributed by atoms with van der Waals surface area (Å²) in [6.45, 7) is 0. The van der Waals surface area contributed by atoms with Crippen LogP contribution in [0.5, 0.6) is 0 Å². The van der Waals surface area contributed by atoms with Crippen LogP contribution in [0.3, 0.4) is 0 Å². The lowest BCUT2D eigenvalue weighted by molar-refractivity contribution is -0.421. The largest absolute Gasteiger partial charge is 0.481 e. The zero-order chi connectivity index (χ0) is 16.9. The molecule has 22 heavy (non-hydrogen) atoms. The molecule has 0 bridgehead atoms. The van der Waals surface area contributed by atoms with E-state index in [0.717, 1.165) is 18.2 Å². The van der Waals surface area contributed by atoms with Gasteiger partial charge in [0.05, 0.1) is 16.3 Å². The second-order valence-corrected chi connectivity index (χ2v) is 3.73. The fourth-order valence-electron chi connectivity index (χ4n) is 1.39. The molecule has 1 aromatic rings. The maximum absolute atomic E-state index is 10.9. The molecule has 1 aromatic carbocycles. The third kappa shape index (κ3) is 3.96. The van der Waals surface area contributed by atoms with Gasteiger partial charge in [-0.1, -0.05) is 6.07 Å². The van der Waals surface area contributed by atoms with E-state index in [2.05, 4.69) is 5.10 Å². The van der Waals surface area contributed by atoms with Crippen LogP contribution in [0.2, 0.25) is 0 Å². The number of carboxylic acids is 2. The molecule has 3 N–H and O–H groups in total. The number of nitrogens with one attached hydrogen (secondary N) is 1. The summed E-state index contributed by atoms with van der Waals surface area (Å²) < 4.78 is 0. The van der Waals surface area contributed by atoms with E-state index in [1.165, 1.54) is 0 Å². The molecular weight excluding hydrogens is 304 g/mol. The third-order valence-corrected chi connectivity index (χ3v) is 2.27. The topological polar surface area (TPSA) is 185 Å². The SMILES string of the molecule is O=C(O)CC(=NNc1cccc([N+](=O)[O-])c1[N+](=O)[O-])C(=O)O. The minimum atomic E-state index is -1.65. The molecular formula is C10H8N4O8. The summed E-state index contributed by atoms with van der Waals surface area (Å²) in [5.41, 5.74) is -1.03. The first-order chi connectivity index (χ1) is 10.2. The number of nitro benzene ring substituents is 2. The molecule has 0 radical (unpaired) electrons. The summed E-state index contributed by atoms with van der Waals surface area (Å²) in [4.78, 5) is 40.9. The molecule has 12 heteroatoms. The molecule has 1 rings (SSSR count). The molecule has 0 spiro atoms. The third-order valence-electron chi connectivity index (χ3n) is 2.27. The number of nitro groups is 2. The Morgan fingerprint density at radius 3 is 2.27 bits per heavy atom. The second-order valence-electron chi connectivity index (χ2n) is 3.73. The van der Waals surface area contributed by atoms with Crippen LogP contribution in [-0.2, 0) is 9.59 Å². The average Bonchev–Trinajstić information content (AvgIpc) is 2.41. The van der Waals surface area contributed by atoms with Crippen molar-refractivity contribution < 1.29 is 29.6 Å². The standard InChI is InChI=1S/C10H8N4O8/c15-8(16)4-6(10(17)18)12-11-5-2-1-3-7(13(19)20)9(5)14(21)22/h1-3,11H,4H2,(H,15,16)(H,17,18). The summed E-state index contributed by atoms with van der Waals surface area (Å²) in [6.07, 6.45) is -0.939. The van der Waals surface area contributed by atoms with Crippen molar-refractivity contribution in [2.75, 3.05) is 5.43 Å². The quantitative estimate of drug-likeness (QED) is 0.372. The number of nitrogens with zero attached hydrogens (tertiary/aromatic N) is 3. The van der Waals surface area contributed by atoms with E-state index < -0.39 is 51.0 Å². The predicted octanol–water partition coefficient (Wildman–Crippen LogP) is 0.830. The Balaban J connectivity index is 3.25. The van der Waals surface area contributed by atoms with Crippen molar-refractivity contribution in [3.05, 3.63) is 38.4 Å². The van der Waals surface area contributed by atoms with Gasteiger partial charge in [0.2, 0.25) is 0 Å². The van der Waals surface area contributed by atoms with Crippen LogP contribution >= 0.6 is 0 Å². The number of para-hydroxylation sites is 1. The highest BCUT2D eigenvalue weighted by molar-refractivity contribution is 6.38. The monoisotopic (exact) mass is 312 g/mol. The zero-order valence-electron chi connectivity index (χ0n) is 10.6. The highest BCUT2D eigenvalue weighted by Gasteiger charge is 2.28. The number of anilines is 1. The summed E-state index contributed by atoms with van der Waals surface area (Å²) in [5, 5.41) is 42.1. The van der Waals surface area contributed by atoms with Crippen molar-refractivity contribution >= 4 is 34.7 Å². The summed E-state index contributed by atoms with van der Waals surface area (Å²) >= 11 is 0. The van der Waals surface area contributed by atoms with E-state index in [1.54, 1.807) is 0 Å². The predicted molar refractivity (Wildman–Crippen MR) is 70.7 cm³/mol. The van der Waals surface area contributed by atoms with Crippen LogP contribution in [0.1, 0.15) is 6.42 Å². The highest BCUT2D eigenvalue weighted by atomic mass is 16.6. The molecule has 0 aliphatic carbocycles. The molecule has 0 aliphatic rings. The fraction of sp³-hybridized carbons (Fsp3) is 0.100. The minimum absolute atomic E-state index is 0.441. The Bertz CT molecular complexity index is 684. The van der Waals surface area contributed by atoms with Crippen molar-refractivity contribution in [1.29, 1.82) is 0 Å². The molecule has 12 nitrogen and oxygen atoms in total. The summed E-state index contributed by atoms with van der Waals surface area (Å²) in [7, 11) is 0. The van der Waals surface area contributed by atoms with Gasteiger partial charge >= 0.3 is 23.3 Å². The minimum Gasteiger partial charge on any atom is -0.481 e. The smallest absolute Gasteiger partial charge is 0.370 e. The number of hydrazone groups is 1. The molecule has 0 atom stereocenters. The highest BCUT2D eigenvalue weighted by Crippen LogP contribution is 2.34. The zero-order valence-corrected chi connectivity index (χ0v) is 10.6. The van der Waals surface area contributed by atoms with Gasteiger partial charge in [-0.25, -0.2) is 4.79 Å². The lowest BCUT2D eigenvalue weighted by atomic mass is 10.2. The van der Waals surface area contributed by atoms with Gasteiger partial charge in [0.15, 0.2) is 5.71 Å². The Morgan fingerprint density at radius 2 is 1.82 bits per heavy atom. The first kappa shape index (κ1) is 16.5. The maximum Gasteiger partial charge on any atom is 0.370 e. The van der Waals surface area contributed by atoms with E-state index in [0.29, 0.717) is 0 Å². The normalized spacial score (nSPS) is 10.8. The van der Waals surface area contributed by atoms with Crippen LogP contribution in [0, 0.1) is 20.2 Å². The Labute approximate surface area is 121 Å². The number of benzene rings is 1. The number of hydrogen-bond acceptors (Lipinski definition) is 8. The van der Waals surface area contributed by atoms with Gasteiger partial charge in [0, 0.05) is 6.07 Å². The second kappa shape index (κ2) is 6.74. The van der Waals surface area contributed by atoms with Crippen molar-refractivity contribution in [2.45, 2.75) is 6.42 Å². The first-order valence-corrected chi connectivity index (χ1v) is 5.43. The van der Waals surface area contributed by atoms with Crippen LogP contribution in [0.4, 0.5) is 17.1 Å². The van der Waals surface area contributed by atoms with E-state index in [9.17, 15) is 29.8 Å². The Hall–Kier alpha value is -3.57. The van der Waals surface area contributed by atoms with E-state index >= 15 is 0 Å². The van der Waals surface area contributed by atoms with Gasteiger partial charge < -0.3 is 10.2 Å². The van der Waals surface area contributed by atoms with Crippen LogP contribution in [-0.4, -0.2) is 37.7 Å². The number of rotatable bonds is 7. The van der Waals surface area contributed by atoms with Gasteiger partial charge in [0.25, 0.3) is 0 Å². The van der Waals surface area contributed by atoms with Crippen molar-refractivity contribution in [1.82, 2.24) is 0 Å². The Kier molecular flexibility index (Phi) is 5.05. The molecule has 0 saturated carbocycles. The Morgan fingerprint density at radius 1 is 1.18 bits per heavy atom. The number of carbonyl (C=O) groups is 2. The van der Waals surface area contributed by atoms with Crippen molar-refractivity contribution in [3.63, 3.8) is 0 Å². The maximum atomic E-state index is 10.9. The lowest BCUT2D eigenvalue weighted by Gasteiger charge is -2.04. The molecule has 0 saturated heterocycles. The van der Waals surface area contributed by atoms with Crippen LogP contribution in [0.25, 0.3) is 0 Å². The van der Waals surface area contributed by atoms with E-state index in [-0.39, 0.29) is 0 Å². The molecule has 0 fully saturated rings. The van der Waals surface area contributed by atoms with Gasteiger partial charge in [-0.2, -0.15) is 5.10 Å². The lowest BCUT2D eigenvalue weighted by Crippen LogP contribution is -2.19. The average molecular weight is 312 g/mol. The number of hydrogen-bond donors (Lipinski definition) is 3. The molecule has 0 aromatic heterocycles. The molecule has 116 valence electrons. The van der Waals surface area contributed by atoms with Gasteiger partial charge in [-0.3, -0.25) is 30.4 Å². The number of carboxylic acid groups (broad SMARTS) is 2. The van der Waals surface area contributed by atoms with E-state index in [4.69, 9.17) is 10.2 Å². The number of aliphatic carboxylic acids is 2. The van der Waals surface area contributed by atoms with E-state index in [1.807, 2.05) is 5.43 Å². The molecule has 0 amide bonds. The van der Waals surface area contributed by atoms with Crippen LogP contribution in [0.15, 0.2) is 23.3 Å². The molecule has 0 aliphatic heterocycles. The van der Waals surface area contributed by atoms with Gasteiger partial charge in [-0.05, 0) is 6.07 Å². The van der Waals surface area contributed by atoms with Gasteiger partial charge in [0.1, 0.15) is 5.69 Å². The van der Waals surface area contributed by atoms with Crippen molar-refractivity contribution in [3.8, 4) is 0 Å². The fourth-order valence-corrected chi connectivity index (χ4v) is 1.39. The summed E-state index contributed by atoms with van der Waals surface area (Å²) in [5.74, 6) is -3.13. The van der Waals surface area contributed by atoms with Crippen LogP contribution < -0.4 is 5.43 Å².